The number of amides is 1. The fourth-order valence-corrected chi connectivity index (χ4v) is 6.45. The van der Waals surface area contributed by atoms with Gasteiger partial charge in [0.1, 0.15) is 5.69 Å². The summed E-state index contributed by atoms with van der Waals surface area (Å²) in [6.45, 7) is 7.56. The van der Waals surface area contributed by atoms with E-state index in [1.807, 2.05) is 72.7 Å². The van der Waals surface area contributed by atoms with Crippen LogP contribution in [0.1, 0.15) is 22.6 Å². The lowest BCUT2D eigenvalue weighted by Gasteiger charge is -2.34. The molecule has 1 aliphatic rings. The summed E-state index contributed by atoms with van der Waals surface area (Å²) >= 11 is 7.57. The van der Waals surface area contributed by atoms with Crippen LogP contribution < -0.4 is 5.56 Å². The second kappa shape index (κ2) is 12.1. The molecular formula is C32H31ClN6O2S. The Kier molecular flexibility index (Phi) is 8.06. The average Bonchev–Trinajstić information content (AvgIpc) is 3.57. The summed E-state index contributed by atoms with van der Waals surface area (Å²) in [4.78, 5) is 36.7. The number of aryl methyl sites for hydroxylation is 2. The Bertz CT molecular complexity index is 1830. The molecule has 4 heterocycles. The summed E-state index contributed by atoms with van der Waals surface area (Å²) < 4.78 is 3.34. The van der Waals surface area contributed by atoms with Crippen LogP contribution in [0.4, 0.5) is 0 Å². The Morgan fingerprint density at radius 2 is 1.81 bits per heavy atom. The zero-order valence-corrected chi connectivity index (χ0v) is 25.1. The molecule has 0 spiro atoms. The van der Waals surface area contributed by atoms with Crippen molar-refractivity contribution in [3.05, 3.63) is 110 Å². The normalized spacial score (nSPS) is 14.3. The number of hydrogen-bond acceptors (Lipinski definition) is 6. The molecular weight excluding hydrogens is 568 g/mol. The number of nitrogens with zero attached hydrogens (tertiary/aromatic N) is 6. The van der Waals surface area contributed by atoms with Crippen molar-refractivity contribution in [2.45, 2.75) is 20.3 Å². The molecule has 0 saturated carbocycles. The van der Waals surface area contributed by atoms with Crippen LogP contribution >= 0.6 is 22.9 Å². The summed E-state index contributed by atoms with van der Waals surface area (Å²) in [5.74, 6) is 0.0179. The molecule has 2 aromatic carbocycles. The maximum atomic E-state index is 13.9. The first-order valence-electron chi connectivity index (χ1n) is 13.9. The molecule has 0 N–H and O–H groups in total. The highest BCUT2D eigenvalue weighted by molar-refractivity contribution is 7.15. The molecule has 0 bridgehead atoms. The molecule has 1 aliphatic heterocycles. The number of piperazine rings is 1. The number of aromatic nitrogens is 4. The van der Waals surface area contributed by atoms with Crippen LogP contribution in [0.3, 0.4) is 0 Å². The minimum Gasteiger partial charge on any atom is -0.340 e. The topological polar surface area (TPSA) is 75.7 Å². The van der Waals surface area contributed by atoms with Gasteiger partial charge < -0.3 is 4.90 Å². The largest absolute Gasteiger partial charge is 0.340 e. The fraction of sp³-hybridized carbons (Fsp3) is 0.250. The van der Waals surface area contributed by atoms with Crippen molar-refractivity contribution in [2.75, 3.05) is 32.7 Å². The van der Waals surface area contributed by atoms with Gasteiger partial charge in [0.2, 0.25) is 5.91 Å². The molecule has 0 aliphatic carbocycles. The van der Waals surface area contributed by atoms with Gasteiger partial charge >= 0.3 is 0 Å². The Balaban J connectivity index is 1.17. The monoisotopic (exact) mass is 598 g/mol. The number of fused-ring (bicyclic) bond motifs is 1. The summed E-state index contributed by atoms with van der Waals surface area (Å²) in [7, 11) is 0. The molecule has 1 amide bonds. The van der Waals surface area contributed by atoms with Gasteiger partial charge in [0.15, 0.2) is 4.96 Å². The van der Waals surface area contributed by atoms with Crippen molar-refractivity contribution in [1.29, 1.82) is 0 Å². The van der Waals surface area contributed by atoms with Crippen molar-refractivity contribution < 1.29 is 4.79 Å². The van der Waals surface area contributed by atoms with Gasteiger partial charge in [0.25, 0.3) is 5.56 Å². The standard InChI is InChI=1S/C32H31ClN6O2S/c1-22-18-28(35-39(22)26-12-6-11-25(33)19-26)30-23(2)34-32-38(31(30)41)27(21-42-32)20-29(40)37-16-14-36(15-17-37)13-7-10-24-8-4-3-5-9-24/h3-12,18-19,21H,13-17,20H2,1-2H3/b10-7+. The molecule has 8 nitrogen and oxygen atoms in total. The van der Waals surface area contributed by atoms with Gasteiger partial charge in [0.05, 0.1) is 23.4 Å². The van der Waals surface area contributed by atoms with Gasteiger partial charge in [-0.3, -0.25) is 18.9 Å². The lowest BCUT2D eigenvalue weighted by atomic mass is 10.1. The van der Waals surface area contributed by atoms with Gasteiger partial charge in [-0.05, 0) is 43.7 Å². The van der Waals surface area contributed by atoms with E-state index in [1.54, 1.807) is 9.08 Å². The highest BCUT2D eigenvalue weighted by atomic mass is 35.5. The number of carbonyl (C=O) groups excluding carboxylic acids is 1. The number of halogens is 1. The lowest BCUT2D eigenvalue weighted by Crippen LogP contribution is -2.49. The van der Waals surface area contributed by atoms with E-state index >= 15 is 0 Å². The predicted molar refractivity (Wildman–Crippen MR) is 169 cm³/mol. The fourth-order valence-electron chi connectivity index (χ4n) is 5.34. The molecule has 0 atom stereocenters. The van der Waals surface area contributed by atoms with Crippen molar-refractivity contribution >= 4 is 39.9 Å². The third-order valence-electron chi connectivity index (χ3n) is 7.55. The molecule has 5 aromatic rings. The summed E-state index contributed by atoms with van der Waals surface area (Å²) in [6.07, 6.45) is 4.45. The number of hydrogen-bond donors (Lipinski definition) is 0. The van der Waals surface area contributed by atoms with Gasteiger partial charge in [-0.2, -0.15) is 5.10 Å². The minimum atomic E-state index is -0.215. The van der Waals surface area contributed by atoms with E-state index in [4.69, 9.17) is 21.7 Å². The van der Waals surface area contributed by atoms with E-state index < -0.39 is 0 Å². The Hall–Kier alpha value is -4.05. The van der Waals surface area contributed by atoms with Gasteiger partial charge in [-0.25, -0.2) is 9.67 Å². The van der Waals surface area contributed by atoms with E-state index in [1.165, 1.54) is 16.9 Å². The number of benzene rings is 2. The molecule has 0 unspecified atom stereocenters. The first-order chi connectivity index (χ1) is 20.4. The quantitative estimate of drug-likeness (QED) is 0.255. The highest BCUT2D eigenvalue weighted by Gasteiger charge is 2.24. The van der Waals surface area contributed by atoms with Crippen LogP contribution in [0.2, 0.25) is 5.02 Å². The minimum absolute atomic E-state index is 0.0179. The maximum Gasteiger partial charge on any atom is 0.268 e. The van der Waals surface area contributed by atoms with E-state index in [2.05, 4.69) is 29.2 Å². The van der Waals surface area contributed by atoms with E-state index in [9.17, 15) is 9.59 Å². The Labute approximate surface area is 253 Å². The summed E-state index contributed by atoms with van der Waals surface area (Å²) in [5, 5.41) is 7.21. The van der Waals surface area contributed by atoms with E-state index in [0.717, 1.165) is 31.0 Å². The summed E-state index contributed by atoms with van der Waals surface area (Å²) in [5.41, 5.74) is 4.87. The lowest BCUT2D eigenvalue weighted by molar-refractivity contribution is -0.132. The molecule has 6 rings (SSSR count). The summed E-state index contributed by atoms with van der Waals surface area (Å²) in [6, 6.07) is 19.5. The molecule has 1 saturated heterocycles. The smallest absolute Gasteiger partial charge is 0.268 e. The van der Waals surface area contributed by atoms with E-state index in [-0.39, 0.29) is 17.9 Å². The molecule has 42 heavy (non-hydrogen) atoms. The van der Waals surface area contributed by atoms with Gasteiger partial charge in [0, 0.05) is 54.5 Å². The number of carbonyl (C=O) groups is 1. The first-order valence-corrected chi connectivity index (χ1v) is 15.2. The third-order valence-corrected chi connectivity index (χ3v) is 8.66. The maximum absolute atomic E-state index is 13.9. The average molecular weight is 599 g/mol. The van der Waals surface area contributed by atoms with Crippen LogP contribution in [0.25, 0.3) is 28.0 Å². The molecule has 214 valence electrons. The SMILES string of the molecule is Cc1nc2scc(CC(=O)N3CCN(C/C=C/c4ccccc4)CC3)n2c(=O)c1-c1cc(C)n(-c2cccc(Cl)c2)n1. The Morgan fingerprint density at radius 1 is 1.02 bits per heavy atom. The van der Waals surface area contributed by atoms with Crippen LogP contribution in [-0.4, -0.2) is 67.6 Å². The second-order valence-electron chi connectivity index (χ2n) is 10.5. The molecule has 1 fully saturated rings. The Morgan fingerprint density at radius 3 is 2.57 bits per heavy atom. The first kappa shape index (κ1) is 28.1. The van der Waals surface area contributed by atoms with Crippen molar-refractivity contribution in [1.82, 2.24) is 29.0 Å². The van der Waals surface area contributed by atoms with Crippen molar-refractivity contribution in [3.63, 3.8) is 0 Å². The van der Waals surface area contributed by atoms with Crippen molar-refractivity contribution in [2.24, 2.45) is 0 Å². The van der Waals surface area contributed by atoms with Gasteiger partial charge in [-0.1, -0.05) is 60.2 Å². The zero-order valence-electron chi connectivity index (χ0n) is 23.5. The van der Waals surface area contributed by atoms with Crippen LogP contribution in [0.5, 0.6) is 0 Å². The van der Waals surface area contributed by atoms with Crippen molar-refractivity contribution in [3.8, 4) is 16.9 Å². The number of rotatable bonds is 7. The molecule has 0 radical (unpaired) electrons. The number of thiazole rings is 1. The van der Waals surface area contributed by atoms with Crippen LogP contribution in [0.15, 0.2) is 76.9 Å². The zero-order chi connectivity index (χ0) is 29.2. The predicted octanol–water partition coefficient (Wildman–Crippen LogP) is 5.28. The van der Waals surface area contributed by atoms with Crippen LogP contribution in [0, 0.1) is 13.8 Å². The van der Waals surface area contributed by atoms with Crippen LogP contribution in [-0.2, 0) is 11.2 Å². The van der Waals surface area contributed by atoms with Gasteiger partial charge in [-0.15, -0.1) is 11.3 Å². The highest BCUT2D eigenvalue weighted by Crippen LogP contribution is 2.24. The molecule has 10 heteroatoms. The van der Waals surface area contributed by atoms with E-state index in [0.29, 0.717) is 45.7 Å². The second-order valence-corrected chi connectivity index (χ2v) is 11.7. The molecule has 3 aromatic heterocycles. The third kappa shape index (κ3) is 5.81.